The van der Waals surface area contributed by atoms with Gasteiger partial charge in [-0.05, 0) is 43.0 Å². The fourth-order valence-electron chi connectivity index (χ4n) is 2.11. The van der Waals surface area contributed by atoms with Gasteiger partial charge in [0.2, 0.25) is 0 Å². The van der Waals surface area contributed by atoms with Crippen molar-refractivity contribution in [2.45, 2.75) is 45.7 Å². The molecule has 0 atom stereocenters. The van der Waals surface area contributed by atoms with Gasteiger partial charge in [0.15, 0.2) is 0 Å². The van der Waals surface area contributed by atoms with Crippen molar-refractivity contribution in [3.63, 3.8) is 0 Å². The number of nitrogens with zero attached hydrogens (tertiary/aromatic N) is 1. The van der Waals surface area contributed by atoms with Crippen LogP contribution < -0.4 is 5.32 Å². The molecule has 0 spiro atoms. The molecule has 0 amide bonds. The summed E-state index contributed by atoms with van der Waals surface area (Å²) in [5.74, 6) is -0.816. The summed E-state index contributed by atoms with van der Waals surface area (Å²) in [4.78, 5) is 11.4. The Kier molecular flexibility index (Phi) is 5.08. The molecule has 0 saturated carbocycles. The Labute approximate surface area is 114 Å². The van der Waals surface area contributed by atoms with E-state index in [0.717, 1.165) is 11.1 Å². The molecule has 1 aromatic rings. The molecule has 0 aliphatic carbocycles. The topological polar surface area (TPSA) is 73.1 Å². The van der Waals surface area contributed by atoms with Crippen LogP contribution in [0.2, 0.25) is 0 Å². The van der Waals surface area contributed by atoms with E-state index < -0.39 is 11.5 Å². The second-order valence-corrected chi connectivity index (χ2v) is 4.70. The van der Waals surface area contributed by atoms with E-state index in [2.05, 4.69) is 11.4 Å². The highest BCUT2D eigenvalue weighted by Crippen LogP contribution is 2.18. The van der Waals surface area contributed by atoms with Crippen molar-refractivity contribution in [2.75, 3.05) is 0 Å². The molecule has 2 N–H and O–H groups in total. The number of carboxylic acid groups (broad SMARTS) is 1. The van der Waals surface area contributed by atoms with Gasteiger partial charge in [0.1, 0.15) is 5.54 Å². The molecular formula is C15H20N2O2. The minimum atomic E-state index is -0.875. The highest BCUT2D eigenvalue weighted by Gasteiger charge is 2.33. The van der Waals surface area contributed by atoms with Crippen molar-refractivity contribution >= 4 is 5.97 Å². The van der Waals surface area contributed by atoms with Crippen LogP contribution in [0.4, 0.5) is 0 Å². The van der Waals surface area contributed by atoms with E-state index in [9.17, 15) is 9.90 Å². The predicted octanol–water partition coefficient (Wildman–Crippen LogP) is 2.60. The third kappa shape index (κ3) is 3.33. The number of nitrogens with one attached hydrogen (secondary N) is 1. The fraction of sp³-hybridized carbons (Fsp3) is 0.467. The predicted molar refractivity (Wildman–Crippen MR) is 73.7 cm³/mol. The van der Waals surface area contributed by atoms with Crippen molar-refractivity contribution in [3.8, 4) is 6.07 Å². The molecule has 4 heteroatoms. The number of nitriles is 1. The van der Waals surface area contributed by atoms with Gasteiger partial charge in [0.25, 0.3) is 0 Å². The molecule has 0 unspecified atom stereocenters. The number of aliphatic carboxylic acids is 1. The SMILES string of the molecule is CCC(CC)(NCc1ccc(C#N)cc1C)C(=O)O. The highest BCUT2D eigenvalue weighted by atomic mass is 16.4. The average molecular weight is 260 g/mol. The zero-order chi connectivity index (χ0) is 14.5. The lowest BCUT2D eigenvalue weighted by atomic mass is 9.92. The molecule has 0 heterocycles. The summed E-state index contributed by atoms with van der Waals surface area (Å²) >= 11 is 0. The Hall–Kier alpha value is -1.86. The summed E-state index contributed by atoms with van der Waals surface area (Å²) < 4.78 is 0. The third-order valence-corrected chi connectivity index (χ3v) is 3.71. The van der Waals surface area contributed by atoms with E-state index in [4.69, 9.17) is 5.26 Å². The number of hydrogen-bond donors (Lipinski definition) is 2. The van der Waals surface area contributed by atoms with Crippen LogP contribution in [0.3, 0.4) is 0 Å². The van der Waals surface area contributed by atoms with Crippen LogP contribution in [0.5, 0.6) is 0 Å². The molecule has 0 saturated heterocycles. The Morgan fingerprint density at radius 3 is 2.47 bits per heavy atom. The maximum atomic E-state index is 11.4. The van der Waals surface area contributed by atoms with E-state index in [1.54, 1.807) is 6.07 Å². The normalized spacial score (nSPS) is 11.1. The van der Waals surface area contributed by atoms with E-state index in [-0.39, 0.29) is 0 Å². The van der Waals surface area contributed by atoms with Gasteiger partial charge in [-0.2, -0.15) is 5.26 Å². The largest absolute Gasteiger partial charge is 0.480 e. The molecule has 0 bridgehead atoms. The van der Waals surface area contributed by atoms with E-state index in [1.165, 1.54) is 0 Å². The number of carbonyl (C=O) groups is 1. The van der Waals surface area contributed by atoms with Crippen molar-refractivity contribution in [2.24, 2.45) is 0 Å². The summed E-state index contributed by atoms with van der Waals surface area (Å²) in [6, 6.07) is 7.54. The van der Waals surface area contributed by atoms with Crippen LogP contribution in [0.15, 0.2) is 18.2 Å². The van der Waals surface area contributed by atoms with Crippen LogP contribution in [-0.2, 0) is 11.3 Å². The van der Waals surface area contributed by atoms with Crippen LogP contribution >= 0.6 is 0 Å². The molecule has 0 aliphatic rings. The monoisotopic (exact) mass is 260 g/mol. The maximum absolute atomic E-state index is 11.4. The van der Waals surface area contributed by atoms with Crippen LogP contribution in [0, 0.1) is 18.3 Å². The first-order valence-electron chi connectivity index (χ1n) is 6.47. The van der Waals surface area contributed by atoms with Gasteiger partial charge >= 0.3 is 5.97 Å². The molecule has 0 fully saturated rings. The van der Waals surface area contributed by atoms with Gasteiger partial charge in [-0.1, -0.05) is 19.9 Å². The minimum absolute atomic E-state index is 0.492. The van der Waals surface area contributed by atoms with Crippen molar-refractivity contribution in [3.05, 3.63) is 34.9 Å². The first-order valence-corrected chi connectivity index (χ1v) is 6.47. The summed E-state index contributed by atoms with van der Waals surface area (Å²) in [5.41, 5.74) is 1.77. The quantitative estimate of drug-likeness (QED) is 0.824. The standard InChI is InChI=1S/C15H20N2O2/c1-4-15(5-2,14(18)19)17-10-13-7-6-12(9-16)8-11(13)3/h6-8,17H,4-5,10H2,1-3H3,(H,18,19). The van der Waals surface area contributed by atoms with Crippen LogP contribution in [-0.4, -0.2) is 16.6 Å². The Morgan fingerprint density at radius 2 is 2.05 bits per heavy atom. The maximum Gasteiger partial charge on any atom is 0.323 e. The van der Waals surface area contributed by atoms with Crippen LogP contribution in [0.25, 0.3) is 0 Å². The minimum Gasteiger partial charge on any atom is -0.480 e. The van der Waals surface area contributed by atoms with Crippen molar-refractivity contribution in [1.29, 1.82) is 5.26 Å². The molecule has 4 nitrogen and oxygen atoms in total. The molecule has 19 heavy (non-hydrogen) atoms. The first-order chi connectivity index (χ1) is 8.99. The third-order valence-electron chi connectivity index (χ3n) is 3.71. The molecular weight excluding hydrogens is 240 g/mol. The number of rotatable bonds is 6. The second kappa shape index (κ2) is 6.35. The summed E-state index contributed by atoms with van der Waals surface area (Å²) in [5, 5.41) is 21.3. The lowest BCUT2D eigenvalue weighted by molar-refractivity contribution is -0.145. The van der Waals surface area contributed by atoms with E-state index in [1.807, 2.05) is 32.9 Å². The number of carboxylic acids is 1. The average Bonchev–Trinajstić information content (AvgIpc) is 2.41. The van der Waals surface area contributed by atoms with Gasteiger partial charge in [-0.15, -0.1) is 0 Å². The summed E-state index contributed by atoms with van der Waals surface area (Å²) in [7, 11) is 0. The zero-order valence-corrected chi connectivity index (χ0v) is 11.7. The first kappa shape index (κ1) is 15.2. The van der Waals surface area contributed by atoms with Crippen molar-refractivity contribution in [1.82, 2.24) is 5.32 Å². The number of benzene rings is 1. The van der Waals surface area contributed by atoms with Gasteiger partial charge in [-0.25, -0.2) is 0 Å². The molecule has 1 rings (SSSR count). The molecule has 0 aromatic heterocycles. The summed E-state index contributed by atoms with van der Waals surface area (Å²) in [6.45, 7) is 6.16. The molecule has 0 radical (unpaired) electrons. The number of aryl methyl sites for hydroxylation is 1. The van der Waals surface area contributed by atoms with E-state index in [0.29, 0.717) is 24.9 Å². The van der Waals surface area contributed by atoms with Gasteiger partial charge in [0.05, 0.1) is 11.6 Å². The molecule has 102 valence electrons. The second-order valence-electron chi connectivity index (χ2n) is 4.70. The summed E-state index contributed by atoms with van der Waals surface area (Å²) in [6.07, 6.45) is 1.07. The zero-order valence-electron chi connectivity index (χ0n) is 11.7. The lowest BCUT2D eigenvalue weighted by Crippen LogP contribution is -2.50. The molecule has 0 aliphatic heterocycles. The Morgan fingerprint density at radius 1 is 1.42 bits per heavy atom. The smallest absolute Gasteiger partial charge is 0.323 e. The Balaban J connectivity index is 2.87. The Bertz CT molecular complexity index is 499. The van der Waals surface area contributed by atoms with Gasteiger partial charge < -0.3 is 5.11 Å². The number of hydrogen-bond acceptors (Lipinski definition) is 3. The highest BCUT2D eigenvalue weighted by molar-refractivity contribution is 5.78. The fourth-order valence-corrected chi connectivity index (χ4v) is 2.11. The van der Waals surface area contributed by atoms with Crippen molar-refractivity contribution < 1.29 is 9.90 Å². The van der Waals surface area contributed by atoms with E-state index >= 15 is 0 Å². The van der Waals surface area contributed by atoms with Gasteiger partial charge in [-0.3, -0.25) is 10.1 Å². The van der Waals surface area contributed by atoms with Gasteiger partial charge in [0, 0.05) is 6.54 Å². The lowest BCUT2D eigenvalue weighted by Gasteiger charge is -2.28. The molecule has 1 aromatic carbocycles. The van der Waals surface area contributed by atoms with Crippen LogP contribution in [0.1, 0.15) is 43.4 Å².